The van der Waals surface area contributed by atoms with Gasteiger partial charge in [-0.3, -0.25) is 4.21 Å². The van der Waals surface area contributed by atoms with E-state index in [0.29, 0.717) is 6.04 Å². The molecule has 1 aliphatic heterocycles. The molecule has 0 amide bonds. The van der Waals surface area contributed by atoms with Gasteiger partial charge in [-0.2, -0.15) is 0 Å². The zero-order valence-electron chi connectivity index (χ0n) is 10.00. The Labute approximate surface area is 96.1 Å². The van der Waals surface area contributed by atoms with Gasteiger partial charge in [-0.05, 0) is 52.4 Å². The van der Waals surface area contributed by atoms with Crippen LogP contribution in [0.15, 0.2) is 0 Å². The molecule has 0 aromatic carbocycles. The van der Waals surface area contributed by atoms with Crippen molar-refractivity contribution < 1.29 is 4.21 Å². The van der Waals surface area contributed by atoms with Gasteiger partial charge in [0, 0.05) is 28.9 Å². The zero-order valence-corrected chi connectivity index (χ0v) is 10.8. The number of nitrogens with one attached hydrogen (secondary N) is 1. The Hall–Kier alpha value is 0.0700. The predicted molar refractivity (Wildman–Crippen MR) is 66.7 cm³/mol. The maximum atomic E-state index is 11.0. The predicted octanol–water partition coefficient (Wildman–Crippen LogP) is 0.829. The highest BCUT2D eigenvalue weighted by Crippen LogP contribution is 2.07. The molecule has 0 aliphatic carbocycles. The summed E-state index contributed by atoms with van der Waals surface area (Å²) in [5.74, 6) is 0.843. The third-order valence-electron chi connectivity index (χ3n) is 3.04. The largest absolute Gasteiger partial charge is 0.317 e. The lowest BCUT2D eigenvalue weighted by Gasteiger charge is -2.30. The summed E-state index contributed by atoms with van der Waals surface area (Å²) in [6.45, 7) is 6.92. The highest BCUT2D eigenvalue weighted by Gasteiger charge is 2.14. The molecule has 0 aromatic rings. The minimum Gasteiger partial charge on any atom is -0.317 e. The van der Waals surface area contributed by atoms with Crippen LogP contribution in [0.1, 0.15) is 26.2 Å². The van der Waals surface area contributed by atoms with Crippen molar-refractivity contribution in [2.75, 3.05) is 38.2 Å². The third kappa shape index (κ3) is 5.64. The summed E-state index contributed by atoms with van der Waals surface area (Å²) >= 11 is 0. The van der Waals surface area contributed by atoms with E-state index < -0.39 is 10.8 Å². The molecular formula is C11H24N2OS. The first-order chi connectivity index (χ1) is 7.20. The van der Waals surface area contributed by atoms with Crippen LogP contribution < -0.4 is 5.32 Å². The smallest absolute Gasteiger partial charge is 0.0246 e. The first kappa shape index (κ1) is 13.1. The minimum absolute atomic E-state index is 0.590. The van der Waals surface area contributed by atoms with Crippen molar-refractivity contribution in [1.29, 1.82) is 0 Å². The molecule has 2 atom stereocenters. The van der Waals surface area contributed by atoms with E-state index in [0.717, 1.165) is 25.3 Å². The summed E-state index contributed by atoms with van der Waals surface area (Å²) in [5, 5.41) is 3.42. The number of nitrogens with zero attached hydrogens (tertiary/aromatic N) is 1. The summed E-state index contributed by atoms with van der Waals surface area (Å²) in [6, 6.07) is 0.590. The number of rotatable bonds is 4. The molecule has 0 saturated carbocycles. The van der Waals surface area contributed by atoms with Crippen molar-refractivity contribution in [1.82, 2.24) is 10.2 Å². The Balaban J connectivity index is 2.28. The van der Waals surface area contributed by atoms with Crippen LogP contribution in [0.2, 0.25) is 0 Å². The molecule has 1 fully saturated rings. The SMILES string of the molecule is CC(CCS(C)=O)N1CCCNCCC1. The summed E-state index contributed by atoms with van der Waals surface area (Å²) in [4.78, 5) is 2.55. The molecule has 0 aromatic heterocycles. The Bertz CT molecular complexity index is 191. The standard InChI is InChI=1S/C11H24N2OS/c1-11(5-10-15(2)14)13-8-3-6-12-7-4-9-13/h11-12H,3-10H2,1-2H3. The van der Waals surface area contributed by atoms with E-state index in [9.17, 15) is 4.21 Å². The lowest BCUT2D eigenvalue weighted by atomic mass is 10.2. The highest BCUT2D eigenvalue weighted by atomic mass is 32.2. The molecule has 2 unspecified atom stereocenters. The quantitative estimate of drug-likeness (QED) is 0.779. The molecule has 90 valence electrons. The van der Waals surface area contributed by atoms with Gasteiger partial charge in [-0.15, -0.1) is 0 Å². The fourth-order valence-electron chi connectivity index (χ4n) is 2.01. The van der Waals surface area contributed by atoms with Gasteiger partial charge in [0.05, 0.1) is 0 Å². The van der Waals surface area contributed by atoms with E-state index in [1.165, 1.54) is 25.9 Å². The summed E-state index contributed by atoms with van der Waals surface area (Å²) in [6.07, 6.45) is 5.33. The van der Waals surface area contributed by atoms with Gasteiger partial charge in [0.1, 0.15) is 0 Å². The van der Waals surface area contributed by atoms with Crippen molar-refractivity contribution in [3.05, 3.63) is 0 Å². The first-order valence-electron chi connectivity index (χ1n) is 5.95. The second-order valence-electron chi connectivity index (χ2n) is 4.41. The molecule has 15 heavy (non-hydrogen) atoms. The van der Waals surface area contributed by atoms with Crippen molar-refractivity contribution in [2.45, 2.75) is 32.2 Å². The van der Waals surface area contributed by atoms with E-state index in [-0.39, 0.29) is 0 Å². The topological polar surface area (TPSA) is 32.3 Å². The molecule has 4 heteroatoms. The van der Waals surface area contributed by atoms with Gasteiger partial charge in [0.25, 0.3) is 0 Å². The summed E-state index contributed by atoms with van der Waals surface area (Å²) in [5.41, 5.74) is 0. The van der Waals surface area contributed by atoms with Gasteiger partial charge in [0.15, 0.2) is 0 Å². The van der Waals surface area contributed by atoms with E-state index in [4.69, 9.17) is 0 Å². The second-order valence-corrected chi connectivity index (χ2v) is 5.96. The van der Waals surface area contributed by atoms with Gasteiger partial charge >= 0.3 is 0 Å². The molecule has 1 rings (SSSR count). The molecular weight excluding hydrogens is 208 g/mol. The van der Waals surface area contributed by atoms with Crippen molar-refractivity contribution in [3.63, 3.8) is 0 Å². The van der Waals surface area contributed by atoms with E-state index in [1.54, 1.807) is 6.26 Å². The molecule has 3 nitrogen and oxygen atoms in total. The highest BCUT2D eigenvalue weighted by molar-refractivity contribution is 7.84. The minimum atomic E-state index is -0.637. The van der Waals surface area contributed by atoms with Gasteiger partial charge in [-0.25, -0.2) is 0 Å². The molecule has 0 spiro atoms. The van der Waals surface area contributed by atoms with Crippen LogP contribution in [-0.4, -0.2) is 53.3 Å². The Morgan fingerprint density at radius 3 is 2.47 bits per heavy atom. The second kappa shape index (κ2) is 7.36. The van der Waals surface area contributed by atoms with E-state index in [1.807, 2.05) is 0 Å². The van der Waals surface area contributed by atoms with Crippen molar-refractivity contribution in [2.24, 2.45) is 0 Å². The van der Waals surface area contributed by atoms with Gasteiger partial charge < -0.3 is 10.2 Å². The summed E-state index contributed by atoms with van der Waals surface area (Å²) < 4.78 is 11.0. The average Bonchev–Trinajstić information content (AvgIpc) is 2.13. The fraction of sp³-hybridized carbons (Fsp3) is 1.00. The molecule has 1 N–H and O–H groups in total. The maximum Gasteiger partial charge on any atom is 0.0246 e. The molecule has 0 bridgehead atoms. The fourth-order valence-corrected chi connectivity index (χ4v) is 2.68. The Morgan fingerprint density at radius 2 is 1.93 bits per heavy atom. The van der Waals surface area contributed by atoms with Crippen LogP contribution in [-0.2, 0) is 10.8 Å². The monoisotopic (exact) mass is 232 g/mol. The zero-order chi connectivity index (χ0) is 11.1. The molecule has 1 aliphatic rings. The van der Waals surface area contributed by atoms with Crippen LogP contribution in [0.3, 0.4) is 0 Å². The third-order valence-corrected chi connectivity index (χ3v) is 3.85. The van der Waals surface area contributed by atoms with Crippen molar-refractivity contribution in [3.8, 4) is 0 Å². The average molecular weight is 232 g/mol. The van der Waals surface area contributed by atoms with Crippen LogP contribution in [0.25, 0.3) is 0 Å². The first-order valence-corrected chi connectivity index (χ1v) is 7.67. The summed E-state index contributed by atoms with van der Waals surface area (Å²) in [7, 11) is -0.637. The Kier molecular flexibility index (Phi) is 6.45. The van der Waals surface area contributed by atoms with Crippen molar-refractivity contribution >= 4 is 10.8 Å². The van der Waals surface area contributed by atoms with Crippen LogP contribution in [0.4, 0.5) is 0 Å². The number of hydrogen-bond acceptors (Lipinski definition) is 3. The van der Waals surface area contributed by atoms with Crippen LogP contribution in [0.5, 0.6) is 0 Å². The van der Waals surface area contributed by atoms with Crippen LogP contribution in [0, 0.1) is 0 Å². The number of hydrogen-bond donors (Lipinski definition) is 1. The van der Waals surface area contributed by atoms with Gasteiger partial charge in [0.2, 0.25) is 0 Å². The maximum absolute atomic E-state index is 11.0. The lowest BCUT2D eigenvalue weighted by molar-refractivity contribution is 0.190. The molecule has 1 heterocycles. The Morgan fingerprint density at radius 1 is 1.33 bits per heavy atom. The van der Waals surface area contributed by atoms with E-state index in [2.05, 4.69) is 17.1 Å². The van der Waals surface area contributed by atoms with E-state index >= 15 is 0 Å². The molecule has 1 saturated heterocycles. The normalized spacial score (nSPS) is 24.1. The molecule has 0 radical (unpaired) electrons. The van der Waals surface area contributed by atoms with Gasteiger partial charge in [-0.1, -0.05) is 0 Å². The lowest BCUT2D eigenvalue weighted by Crippen LogP contribution is -2.39. The van der Waals surface area contributed by atoms with Crippen LogP contribution >= 0.6 is 0 Å².